The number of anilines is 1. The summed E-state index contributed by atoms with van der Waals surface area (Å²) >= 11 is 5.21. The highest BCUT2D eigenvalue weighted by Crippen LogP contribution is 2.26. The average Bonchev–Trinajstić information content (AvgIpc) is 3.02. The Balaban J connectivity index is 1.87. The number of nitrogens with one attached hydrogen (secondary N) is 2. The van der Waals surface area contributed by atoms with Crippen molar-refractivity contribution < 1.29 is 13.9 Å². The number of rotatable bonds is 7. The zero-order valence-electron chi connectivity index (χ0n) is 17.8. The average molecular weight is 423 g/mol. The van der Waals surface area contributed by atoms with E-state index in [0.29, 0.717) is 18.7 Å². The van der Waals surface area contributed by atoms with Crippen LogP contribution in [-0.2, 0) is 4.79 Å². The molecule has 1 aliphatic heterocycles. The van der Waals surface area contributed by atoms with Crippen LogP contribution in [0.3, 0.4) is 0 Å². The van der Waals surface area contributed by atoms with Gasteiger partial charge in [0.05, 0.1) is 6.61 Å². The van der Waals surface area contributed by atoms with Gasteiger partial charge in [0.1, 0.15) is 6.04 Å². The van der Waals surface area contributed by atoms with E-state index in [-0.39, 0.29) is 22.2 Å². The van der Waals surface area contributed by atoms with E-state index in [9.17, 15) is 9.18 Å². The molecule has 1 unspecified atom stereocenters. The number of thiocarbonyl (C=S) groups is 1. The molecule has 2 rings (SSSR count). The molecule has 1 amide bonds. The van der Waals surface area contributed by atoms with Gasteiger partial charge in [-0.2, -0.15) is 5.10 Å². The highest BCUT2D eigenvalue weighted by Gasteiger charge is 2.35. The number of amides is 1. The molecule has 0 saturated carbocycles. The number of ether oxygens (including phenoxy) is 1. The zero-order chi connectivity index (χ0) is 21.6. The van der Waals surface area contributed by atoms with Gasteiger partial charge in [-0.25, -0.2) is 4.39 Å². The maximum atomic E-state index is 14.2. The third-order valence-electron chi connectivity index (χ3n) is 4.72. The minimum Gasteiger partial charge on any atom is -0.491 e. The smallest absolute Gasteiger partial charge is 0.250 e. The fraction of sp³-hybridized carbons (Fsp3) is 0.571. The summed E-state index contributed by atoms with van der Waals surface area (Å²) in [6.07, 6.45) is 3.57. The number of halogens is 1. The van der Waals surface area contributed by atoms with Crippen LogP contribution in [0.4, 0.5) is 10.1 Å². The molecular formula is C21H31FN4O2S. The van der Waals surface area contributed by atoms with Crippen molar-refractivity contribution in [3.63, 3.8) is 0 Å². The van der Waals surface area contributed by atoms with Gasteiger partial charge in [0.25, 0.3) is 5.91 Å². The Morgan fingerprint density at radius 2 is 2.10 bits per heavy atom. The fourth-order valence-electron chi connectivity index (χ4n) is 2.92. The van der Waals surface area contributed by atoms with E-state index in [4.69, 9.17) is 17.0 Å². The van der Waals surface area contributed by atoms with E-state index in [0.717, 1.165) is 25.0 Å². The van der Waals surface area contributed by atoms with Crippen molar-refractivity contribution in [3.8, 4) is 5.75 Å². The van der Waals surface area contributed by atoms with Gasteiger partial charge >= 0.3 is 0 Å². The predicted molar refractivity (Wildman–Crippen MR) is 119 cm³/mol. The second kappa shape index (κ2) is 10.0. The van der Waals surface area contributed by atoms with Gasteiger partial charge in [-0.15, -0.1) is 0 Å². The summed E-state index contributed by atoms with van der Waals surface area (Å²) in [5.41, 5.74) is 1.32. The second-order valence-electron chi connectivity index (χ2n) is 8.23. The van der Waals surface area contributed by atoms with Gasteiger partial charge in [-0.05, 0) is 30.8 Å². The van der Waals surface area contributed by atoms with Gasteiger partial charge < -0.3 is 15.4 Å². The number of hydrogen-bond acceptors (Lipinski definition) is 5. The molecule has 1 atom stereocenters. The number of hydrazone groups is 1. The fourth-order valence-corrected chi connectivity index (χ4v) is 3.14. The molecule has 0 aliphatic carbocycles. The first-order valence-corrected chi connectivity index (χ1v) is 10.4. The lowest BCUT2D eigenvalue weighted by Gasteiger charge is -2.19. The van der Waals surface area contributed by atoms with Crippen LogP contribution in [0.25, 0.3) is 0 Å². The van der Waals surface area contributed by atoms with Crippen molar-refractivity contribution in [2.45, 2.75) is 59.4 Å². The first-order valence-electron chi connectivity index (χ1n) is 9.96. The largest absolute Gasteiger partial charge is 0.491 e. The van der Waals surface area contributed by atoms with Crippen LogP contribution >= 0.6 is 12.2 Å². The molecule has 6 nitrogen and oxygen atoms in total. The first kappa shape index (κ1) is 23.1. The molecule has 1 heterocycles. The minimum atomic E-state index is -0.473. The third kappa shape index (κ3) is 6.66. The highest BCUT2D eigenvalue weighted by atomic mass is 32.1. The van der Waals surface area contributed by atoms with Crippen LogP contribution in [0.5, 0.6) is 5.75 Å². The quantitative estimate of drug-likeness (QED) is 0.506. The number of carbonyl (C=O) groups excluding carboxylic acids is 1. The number of unbranched alkanes of at least 4 members (excludes halogenated alkanes) is 2. The van der Waals surface area contributed by atoms with Crippen molar-refractivity contribution in [2.24, 2.45) is 10.5 Å². The molecule has 1 aromatic rings. The Morgan fingerprint density at radius 1 is 1.38 bits per heavy atom. The molecule has 0 saturated heterocycles. The third-order valence-corrected chi connectivity index (χ3v) is 4.92. The molecule has 1 aromatic carbocycles. The van der Waals surface area contributed by atoms with E-state index in [1.165, 1.54) is 6.07 Å². The van der Waals surface area contributed by atoms with Crippen LogP contribution in [0.1, 0.15) is 53.4 Å². The summed E-state index contributed by atoms with van der Waals surface area (Å²) in [7, 11) is 1.77. The number of nitrogens with zero attached hydrogens (tertiary/aromatic N) is 2. The maximum Gasteiger partial charge on any atom is 0.250 e. The second-order valence-corrected chi connectivity index (χ2v) is 8.64. The van der Waals surface area contributed by atoms with Crippen molar-refractivity contribution in [2.75, 3.05) is 19.0 Å². The molecular weight excluding hydrogens is 391 g/mol. The van der Waals surface area contributed by atoms with Gasteiger partial charge in [0.2, 0.25) is 0 Å². The number of benzene rings is 1. The predicted octanol–water partition coefficient (Wildman–Crippen LogP) is 4.31. The zero-order valence-corrected chi connectivity index (χ0v) is 18.7. The molecule has 29 heavy (non-hydrogen) atoms. The first-order chi connectivity index (χ1) is 13.6. The molecule has 160 valence electrons. The SMILES string of the molecule is CCCCCOc1ccc(NC(=S)NC(=O)C2CC(C(C)(C)C)=NN2C)cc1F. The summed E-state index contributed by atoms with van der Waals surface area (Å²) in [5.74, 6) is -0.509. The summed E-state index contributed by atoms with van der Waals surface area (Å²) in [6, 6.07) is 4.11. The van der Waals surface area contributed by atoms with E-state index in [2.05, 4.69) is 43.4 Å². The van der Waals surface area contributed by atoms with Crippen molar-refractivity contribution in [1.82, 2.24) is 10.3 Å². The van der Waals surface area contributed by atoms with Gasteiger partial charge in [0, 0.05) is 36.3 Å². The summed E-state index contributed by atoms with van der Waals surface area (Å²) in [6.45, 7) is 8.79. The highest BCUT2D eigenvalue weighted by molar-refractivity contribution is 7.80. The molecule has 0 fully saturated rings. The lowest BCUT2D eigenvalue weighted by atomic mass is 9.87. The van der Waals surface area contributed by atoms with E-state index in [1.807, 2.05) is 0 Å². The van der Waals surface area contributed by atoms with Crippen LogP contribution in [0.2, 0.25) is 0 Å². The lowest BCUT2D eigenvalue weighted by Crippen LogP contribution is -2.45. The Bertz CT molecular complexity index is 776. The van der Waals surface area contributed by atoms with Gasteiger partial charge in [0.15, 0.2) is 16.7 Å². The Morgan fingerprint density at radius 3 is 2.69 bits per heavy atom. The lowest BCUT2D eigenvalue weighted by molar-refractivity contribution is -0.123. The van der Waals surface area contributed by atoms with Crippen LogP contribution in [-0.4, -0.2) is 41.4 Å². The van der Waals surface area contributed by atoms with Crippen LogP contribution in [0.15, 0.2) is 23.3 Å². The molecule has 0 aromatic heterocycles. The maximum absolute atomic E-state index is 14.2. The van der Waals surface area contributed by atoms with E-state index >= 15 is 0 Å². The molecule has 0 bridgehead atoms. The monoisotopic (exact) mass is 422 g/mol. The van der Waals surface area contributed by atoms with Crippen LogP contribution in [0, 0.1) is 11.2 Å². The van der Waals surface area contributed by atoms with Crippen molar-refractivity contribution in [3.05, 3.63) is 24.0 Å². The van der Waals surface area contributed by atoms with Gasteiger partial charge in [-0.3, -0.25) is 9.80 Å². The number of hydrogen-bond donors (Lipinski definition) is 2. The van der Waals surface area contributed by atoms with Crippen molar-refractivity contribution >= 4 is 34.6 Å². The Hall–Kier alpha value is -2.22. The Labute approximate surface area is 177 Å². The number of likely N-dealkylation sites (N-methyl/N-ethyl adjacent to an activating group) is 1. The summed E-state index contributed by atoms with van der Waals surface area (Å²) in [4.78, 5) is 12.6. The molecule has 2 N–H and O–H groups in total. The van der Waals surface area contributed by atoms with E-state index in [1.54, 1.807) is 24.2 Å². The Kier molecular flexibility index (Phi) is 7.96. The minimum absolute atomic E-state index is 0.0973. The van der Waals surface area contributed by atoms with Gasteiger partial charge in [-0.1, -0.05) is 40.5 Å². The number of carbonyl (C=O) groups is 1. The standard InChI is InChI=1S/C21H31FN4O2S/c1-6-7-8-11-28-17-10-9-14(12-15(17)22)23-20(29)24-19(27)16-13-18(21(2,3)4)25-26(16)5/h9-10,12,16H,6-8,11,13H2,1-5H3,(H2,23,24,27,29). The van der Waals surface area contributed by atoms with E-state index < -0.39 is 11.9 Å². The topological polar surface area (TPSA) is 66.0 Å². The molecule has 0 radical (unpaired) electrons. The normalized spacial score (nSPS) is 16.4. The molecule has 0 spiro atoms. The van der Waals surface area contributed by atoms with Crippen LogP contribution < -0.4 is 15.4 Å². The summed E-state index contributed by atoms with van der Waals surface area (Å²) < 4.78 is 19.7. The molecule has 1 aliphatic rings. The summed E-state index contributed by atoms with van der Waals surface area (Å²) in [5, 5.41) is 11.8. The van der Waals surface area contributed by atoms with Crippen molar-refractivity contribution in [1.29, 1.82) is 0 Å². The molecule has 8 heteroatoms.